The first kappa shape index (κ1) is 17.4. The van der Waals surface area contributed by atoms with E-state index in [1.165, 1.54) is 37.3 Å². The maximum Gasteiger partial charge on any atom is 0.331 e. The van der Waals surface area contributed by atoms with Crippen molar-refractivity contribution in [1.82, 2.24) is 0 Å². The van der Waals surface area contributed by atoms with Crippen molar-refractivity contribution in [1.29, 1.82) is 0 Å². The first-order valence-corrected chi connectivity index (χ1v) is 7.46. The molecule has 1 amide bonds. The zero-order valence-corrected chi connectivity index (χ0v) is 13.5. The Balaban J connectivity index is 1.87. The minimum atomic E-state index is -0.967. The average Bonchev–Trinajstić information content (AvgIpc) is 2.56. The van der Waals surface area contributed by atoms with Crippen LogP contribution in [-0.4, -0.2) is 18.0 Å². The van der Waals surface area contributed by atoms with Gasteiger partial charge in [0.2, 0.25) is 0 Å². The van der Waals surface area contributed by atoms with Crippen LogP contribution < -0.4 is 5.32 Å². The number of rotatable bonds is 5. The normalized spacial score (nSPS) is 12.0. The molecule has 4 nitrogen and oxygen atoms in total. The van der Waals surface area contributed by atoms with Gasteiger partial charge in [-0.25, -0.2) is 9.18 Å². The van der Waals surface area contributed by atoms with Crippen molar-refractivity contribution in [2.75, 3.05) is 5.32 Å². The SMILES string of the molecule is Cc1ccc(/C=C/C(=O)O[C@H](C)C(=O)Nc2ccc(F)cc2)cc1. The molecule has 0 aliphatic carbocycles. The number of amides is 1. The minimum Gasteiger partial charge on any atom is -0.449 e. The lowest BCUT2D eigenvalue weighted by atomic mass is 10.1. The van der Waals surface area contributed by atoms with E-state index >= 15 is 0 Å². The Morgan fingerprint density at radius 3 is 2.33 bits per heavy atom. The molecule has 5 heteroatoms. The molecular formula is C19H18FNO3. The maximum atomic E-state index is 12.8. The highest BCUT2D eigenvalue weighted by Crippen LogP contribution is 2.10. The van der Waals surface area contributed by atoms with E-state index in [4.69, 9.17) is 4.74 Å². The van der Waals surface area contributed by atoms with Gasteiger partial charge in [0, 0.05) is 11.8 Å². The summed E-state index contributed by atoms with van der Waals surface area (Å²) in [6.45, 7) is 3.44. The number of benzene rings is 2. The molecular weight excluding hydrogens is 309 g/mol. The number of hydrogen-bond donors (Lipinski definition) is 1. The van der Waals surface area contributed by atoms with Crippen LogP contribution in [0.5, 0.6) is 0 Å². The van der Waals surface area contributed by atoms with Crippen molar-refractivity contribution in [3.8, 4) is 0 Å². The Hall–Kier alpha value is -2.95. The lowest BCUT2D eigenvalue weighted by Gasteiger charge is -2.12. The Kier molecular flexibility index (Phi) is 5.84. The van der Waals surface area contributed by atoms with E-state index in [9.17, 15) is 14.0 Å². The fraction of sp³-hybridized carbons (Fsp3) is 0.158. The topological polar surface area (TPSA) is 55.4 Å². The quantitative estimate of drug-likeness (QED) is 0.673. The van der Waals surface area contributed by atoms with Gasteiger partial charge in [0.1, 0.15) is 5.82 Å². The van der Waals surface area contributed by atoms with Crippen molar-refractivity contribution in [3.63, 3.8) is 0 Å². The predicted octanol–water partition coefficient (Wildman–Crippen LogP) is 3.72. The van der Waals surface area contributed by atoms with Crippen molar-refractivity contribution >= 4 is 23.6 Å². The lowest BCUT2D eigenvalue weighted by Crippen LogP contribution is -2.29. The summed E-state index contributed by atoms with van der Waals surface area (Å²) in [5, 5.41) is 2.55. The molecule has 0 heterocycles. The molecule has 0 radical (unpaired) electrons. The van der Waals surface area contributed by atoms with Crippen LogP contribution in [0.25, 0.3) is 6.08 Å². The molecule has 1 N–H and O–H groups in total. The van der Waals surface area contributed by atoms with Crippen LogP contribution >= 0.6 is 0 Å². The van der Waals surface area contributed by atoms with Gasteiger partial charge in [-0.1, -0.05) is 29.8 Å². The van der Waals surface area contributed by atoms with Crippen molar-refractivity contribution in [2.24, 2.45) is 0 Å². The molecule has 24 heavy (non-hydrogen) atoms. The van der Waals surface area contributed by atoms with Crippen molar-refractivity contribution < 1.29 is 18.7 Å². The fourth-order valence-corrected chi connectivity index (χ4v) is 1.89. The van der Waals surface area contributed by atoms with Crippen LogP contribution in [0, 0.1) is 12.7 Å². The van der Waals surface area contributed by atoms with Gasteiger partial charge in [0.05, 0.1) is 0 Å². The summed E-state index contributed by atoms with van der Waals surface area (Å²) in [5.74, 6) is -1.50. The van der Waals surface area contributed by atoms with Gasteiger partial charge in [0.25, 0.3) is 5.91 Å². The van der Waals surface area contributed by atoms with Gasteiger partial charge >= 0.3 is 5.97 Å². The third-order valence-corrected chi connectivity index (χ3v) is 3.26. The van der Waals surface area contributed by atoms with E-state index in [0.29, 0.717) is 5.69 Å². The molecule has 0 aliphatic rings. The number of carbonyl (C=O) groups excluding carboxylic acids is 2. The van der Waals surface area contributed by atoms with Crippen LogP contribution in [0.3, 0.4) is 0 Å². The minimum absolute atomic E-state index is 0.395. The van der Waals surface area contributed by atoms with Crippen LogP contribution in [-0.2, 0) is 14.3 Å². The molecule has 1 atom stereocenters. The molecule has 0 aliphatic heterocycles. The molecule has 0 fully saturated rings. The Morgan fingerprint density at radius 2 is 1.71 bits per heavy atom. The summed E-state index contributed by atoms with van der Waals surface area (Å²) in [4.78, 5) is 23.7. The van der Waals surface area contributed by atoms with E-state index in [-0.39, 0.29) is 0 Å². The van der Waals surface area contributed by atoms with Crippen LogP contribution in [0.2, 0.25) is 0 Å². The van der Waals surface area contributed by atoms with Crippen LogP contribution in [0.4, 0.5) is 10.1 Å². The molecule has 0 aromatic heterocycles. The molecule has 0 saturated heterocycles. The van der Waals surface area contributed by atoms with E-state index in [0.717, 1.165) is 11.1 Å². The number of carbonyl (C=O) groups is 2. The molecule has 2 aromatic carbocycles. The van der Waals surface area contributed by atoms with Crippen LogP contribution in [0.1, 0.15) is 18.1 Å². The number of ether oxygens (including phenoxy) is 1. The smallest absolute Gasteiger partial charge is 0.331 e. The first-order valence-electron chi connectivity index (χ1n) is 7.46. The number of esters is 1. The Morgan fingerprint density at radius 1 is 1.08 bits per heavy atom. The highest BCUT2D eigenvalue weighted by atomic mass is 19.1. The maximum absolute atomic E-state index is 12.8. The van der Waals surface area contributed by atoms with Gasteiger partial charge in [-0.05, 0) is 49.8 Å². The lowest BCUT2D eigenvalue weighted by molar-refractivity contribution is -0.148. The van der Waals surface area contributed by atoms with Gasteiger partial charge in [-0.15, -0.1) is 0 Å². The largest absolute Gasteiger partial charge is 0.449 e. The second kappa shape index (κ2) is 8.06. The number of anilines is 1. The Bertz CT molecular complexity index is 736. The summed E-state index contributed by atoms with van der Waals surface area (Å²) < 4.78 is 17.9. The second-order valence-electron chi connectivity index (χ2n) is 5.32. The zero-order valence-electron chi connectivity index (χ0n) is 13.5. The van der Waals surface area contributed by atoms with Crippen molar-refractivity contribution in [3.05, 3.63) is 71.6 Å². The van der Waals surface area contributed by atoms with E-state index in [1.807, 2.05) is 31.2 Å². The predicted molar refractivity (Wildman–Crippen MR) is 90.8 cm³/mol. The molecule has 124 valence electrons. The summed E-state index contributed by atoms with van der Waals surface area (Å²) >= 11 is 0. The molecule has 2 aromatic rings. The van der Waals surface area contributed by atoms with Gasteiger partial charge in [-0.3, -0.25) is 4.79 Å². The molecule has 0 unspecified atom stereocenters. The zero-order chi connectivity index (χ0) is 17.5. The third kappa shape index (κ3) is 5.35. The number of aryl methyl sites for hydroxylation is 1. The first-order chi connectivity index (χ1) is 11.4. The van der Waals surface area contributed by atoms with Crippen molar-refractivity contribution in [2.45, 2.75) is 20.0 Å². The fourth-order valence-electron chi connectivity index (χ4n) is 1.89. The van der Waals surface area contributed by atoms with Gasteiger partial charge in [-0.2, -0.15) is 0 Å². The molecule has 2 rings (SSSR count). The summed E-state index contributed by atoms with van der Waals surface area (Å²) in [6, 6.07) is 13.0. The van der Waals surface area contributed by atoms with E-state index in [1.54, 1.807) is 6.08 Å². The van der Waals surface area contributed by atoms with E-state index < -0.39 is 23.8 Å². The number of halogens is 1. The highest BCUT2D eigenvalue weighted by molar-refractivity contribution is 5.96. The van der Waals surface area contributed by atoms with Gasteiger partial charge < -0.3 is 10.1 Å². The Labute approximate surface area is 140 Å². The van der Waals surface area contributed by atoms with Crippen LogP contribution in [0.15, 0.2) is 54.6 Å². The third-order valence-electron chi connectivity index (χ3n) is 3.26. The monoisotopic (exact) mass is 327 g/mol. The summed E-state index contributed by atoms with van der Waals surface area (Å²) in [6.07, 6.45) is 1.92. The standard InChI is InChI=1S/C19H18FNO3/c1-13-3-5-15(6-4-13)7-12-18(22)24-14(2)19(23)21-17-10-8-16(20)9-11-17/h3-12,14H,1-2H3,(H,21,23)/b12-7+/t14-/m1/s1. The average molecular weight is 327 g/mol. The highest BCUT2D eigenvalue weighted by Gasteiger charge is 2.16. The second-order valence-corrected chi connectivity index (χ2v) is 5.32. The molecule has 0 saturated carbocycles. The number of nitrogens with one attached hydrogen (secondary N) is 1. The summed E-state index contributed by atoms with van der Waals surface area (Å²) in [5.41, 5.74) is 2.42. The number of hydrogen-bond acceptors (Lipinski definition) is 3. The molecule has 0 spiro atoms. The van der Waals surface area contributed by atoms with Gasteiger partial charge in [0.15, 0.2) is 6.10 Å². The molecule has 0 bridgehead atoms. The van der Waals surface area contributed by atoms with E-state index in [2.05, 4.69) is 5.32 Å². The summed E-state index contributed by atoms with van der Waals surface area (Å²) in [7, 11) is 0.